The van der Waals surface area contributed by atoms with Crippen LogP contribution in [0.15, 0.2) is 22.8 Å². The molecule has 0 saturated carbocycles. The molecule has 0 aromatic carbocycles. The summed E-state index contributed by atoms with van der Waals surface area (Å²) in [5.41, 5.74) is 0. The number of hydrogen-bond acceptors (Lipinski definition) is 4. The van der Waals surface area contributed by atoms with Gasteiger partial charge >= 0.3 is 0 Å². The molecule has 0 spiro atoms. The summed E-state index contributed by atoms with van der Waals surface area (Å²) in [6.07, 6.45) is 2.86. The highest BCUT2D eigenvalue weighted by Crippen LogP contribution is 2.39. The molecular weight excluding hydrogens is 194 g/mol. The number of nitrogens with one attached hydrogen (secondary N) is 1. The Hall–Kier alpha value is -0.850. The maximum absolute atomic E-state index is 10.8. The van der Waals surface area contributed by atoms with Crippen molar-refractivity contribution in [2.45, 2.75) is 0 Å². The number of hydrogen-bond donors (Lipinski definition) is 2. The first-order valence-corrected chi connectivity index (χ1v) is 4.93. The third-order valence-corrected chi connectivity index (χ3v) is 2.74. The molecule has 2 aliphatic rings. The summed E-state index contributed by atoms with van der Waals surface area (Å²) < 4.78 is 35.2. The third-order valence-electron chi connectivity index (χ3n) is 1.85. The second-order valence-corrected chi connectivity index (χ2v) is 4.04. The molecule has 5 nitrogen and oxygen atoms in total. The molecular formula is C7H7NO4S. The van der Waals surface area contributed by atoms with Gasteiger partial charge in [-0.2, -0.15) is 8.42 Å². The highest BCUT2D eigenvalue weighted by atomic mass is 32.2. The molecule has 0 amide bonds. The van der Waals surface area contributed by atoms with E-state index in [2.05, 4.69) is 5.32 Å². The van der Waals surface area contributed by atoms with Crippen LogP contribution in [0.3, 0.4) is 0 Å². The van der Waals surface area contributed by atoms with E-state index in [1.807, 2.05) is 0 Å². The van der Waals surface area contributed by atoms with Crippen LogP contribution in [-0.4, -0.2) is 20.1 Å². The molecule has 70 valence electrons. The lowest BCUT2D eigenvalue weighted by atomic mass is 10.2. The topological polar surface area (TPSA) is 75.6 Å². The predicted molar refractivity (Wildman–Crippen MR) is 44.3 cm³/mol. The van der Waals surface area contributed by atoms with E-state index >= 15 is 0 Å². The van der Waals surface area contributed by atoms with Crippen molar-refractivity contribution in [3.63, 3.8) is 0 Å². The molecule has 0 aromatic rings. The molecule has 2 radical (unpaired) electrons. The van der Waals surface area contributed by atoms with Crippen molar-refractivity contribution in [3.8, 4) is 0 Å². The van der Waals surface area contributed by atoms with Crippen LogP contribution in [0.5, 0.6) is 0 Å². The van der Waals surface area contributed by atoms with E-state index in [1.165, 1.54) is 19.3 Å². The molecule has 0 aliphatic carbocycles. The molecule has 6 heteroatoms. The molecule has 0 saturated heterocycles. The van der Waals surface area contributed by atoms with E-state index < -0.39 is 10.1 Å². The first-order chi connectivity index (χ1) is 6.02. The van der Waals surface area contributed by atoms with Gasteiger partial charge in [-0.3, -0.25) is 9.87 Å². The third kappa shape index (κ3) is 1.27. The van der Waals surface area contributed by atoms with E-state index in [4.69, 9.17) is 9.29 Å². The molecule has 0 aromatic heterocycles. The summed E-state index contributed by atoms with van der Waals surface area (Å²) in [5, 5.41) is 2.77. The number of fused-ring (bicyclic) bond motifs is 2. The van der Waals surface area contributed by atoms with Crippen LogP contribution in [0.1, 0.15) is 0 Å². The number of rotatable bonds is 2. The summed E-state index contributed by atoms with van der Waals surface area (Å²) >= 11 is 0. The minimum Gasteiger partial charge on any atom is -0.499 e. The molecule has 0 atom stereocenters. The molecule has 2 N–H and O–H groups in total. The predicted octanol–water partition coefficient (Wildman–Crippen LogP) is -0.0308. The Bertz CT molecular complexity index is 395. The zero-order valence-electron chi connectivity index (χ0n) is 6.73. The van der Waals surface area contributed by atoms with Gasteiger partial charge < -0.3 is 4.74 Å². The zero-order valence-corrected chi connectivity index (χ0v) is 7.55. The maximum Gasteiger partial charge on any atom is 0.292 e. The van der Waals surface area contributed by atoms with Crippen LogP contribution in [0, 0.1) is 12.1 Å². The average molecular weight is 201 g/mol. The van der Waals surface area contributed by atoms with Gasteiger partial charge in [-0.25, -0.2) is 0 Å². The van der Waals surface area contributed by atoms with Gasteiger partial charge in [0.1, 0.15) is 17.8 Å². The highest BCUT2D eigenvalue weighted by molar-refractivity contribution is 7.90. The van der Waals surface area contributed by atoms with Crippen molar-refractivity contribution in [2.75, 3.05) is 7.11 Å². The van der Waals surface area contributed by atoms with Crippen molar-refractivity contribution >= 4 is 10.1 Å². The quantitative estimate of drug-likeness (QED) is 0.613. The SMILES string of the molecule is COC1=C[C]2N[C]1C=C2S(=O)(=O)O. The van der Waals surface area contributed by atoms with Gasteiger partial charge in [0, 0.05) is 0 Å². The second kappa shape index (κ2) is 2.57. The summed E-state index contributed by atoms with van der Waals surface area (Å²) in [7, 11) is -2.64. The molecule has 2 heterocycles. The Labute approximate surface area is 75.8 Å². The van der Waals surface area contributed by atoms with Crippen LogP contribution in [0.4, 0.5) is 0 Å². The van der Waals surface area contributed by atoms with Gasteiger partial charge in [0.25, 0.3) is 10.1 Å². The summed E-state index contributed by atoms with van der Waals surface area (Å²) in [4.78, 5) is -0.108. The Kier molecular flexibility index (Phi) is 1.73. The molecule has 2 rings (SSSR count). The minimum atomic E-state index is -4.12. The van der Waals surface area contributed by atoms with Gasteiger partial charge in [-0.1, -0.05) is 0 Å². The van der Waals surface area contributed by atoms with Gasteiger partial charge in [0.15, 0.2) is 0 Å². The number of methoxy groups -OCH3 is 1. The standard InChI is InChI=1S/C7H7NO4S/c1-12-6-2-5-7(13(9,10)11)3-4(6)8-5/h2-3,8H,1H3,(H,9,10,11). The Morgan fingerprint density at radius 2 is 2.08 bits per heavy atom. The largest absolute Gasteiger partial charge is 0.499 e. The van der Waals surface area contributed by atoms with E-state index in [-0.39, 0.29) is 4.91 Å². The average Bonchev–Trinajstić information content (AvgIpc) is 2.59. The minimum absolute atomic E-state index is 0.108. The molecule has 2 aliphatic heterocycles. The monoisotopic (exact) mass is 201 g/mol. The molecule has 0 unspecified atom stereocenters. The summed E-state index contributed by atoms with van der Waals surface area (Å²) in [6.45, 7) is 0. The van der Waals surface area contributed by atoms with Crippen molar-refractivity contribution < 1.29 is 17.7 Å². The maximum atomic E-state index is 10.8. The lowest BCUT2D eigenvalue weighted by Gasteiger charge is -2.06. The molecule has 13 heavy (non-hydrogen) atoms. The fraction of sp³-hybridized carbons (Fsp3) is 0.143. The summed E-state index contributed by atoms with van der Waals surface area (Å²) in [6, 6.07) is 0.916. The normalized spacial score (nSPS) is 23.2. The van der Waals surface area contributed by atoms with E-state index in [1.54, 1.807) is 0 Å². The van der Waals surface area contributed by atoms with Gasteiger partial charge in [0.05, 0.1) is 12.0 Å². The Morgan fingerprint density at radius 1 is 1.38 bits per heavy atom. The van der Waals surface area contributed by atoms with Gasteiger partial charge in [-0.15, -0.1) is 0 Å². The lowest BCUT2D eigenvalue weighted by molar-refractivity contribution is 0.293. The smallest absolute Gasteiger partial charge is 0.292 e. The molecule has 0 fully saturated rings. The number of ether oxygens (including phenoxy) is 1. The first kappa shape index (κ1) is 8.74. The van der Waals surface area contributed by atoms with E-state index in [0.29, 0.717) is 17.8 Å². The van der Waals surface area contributed by atoms with Crippen molar-refractivity contribution in [1.29, 1.82) is 0 Å². The fourth-order valence-corrected chi connectivity index (χ4v) is 1.94. The first-order valence-electron chi connectivity index (χ1n) is 3.49. The highest BCUT2D eigenvalue weighted by Gasteiger charge is 2.40. The van der Waals surface area contributed by atoms with Crippen molar-refractivity contribution in [3.05, 3.63) is 34.9 Å². The van der Waals surface area contributed by atoms with E-state index in [0.717, 1.165) is 0 Å². The zero-order chi connectivity index (χ0) is 9.64. The fourth-order valence-electron chi connectivity index (χ4n) is 1.28. The van der Waals surface area contributed by atoms with Gasteiger partial charge in [0.2, 0.25) is 0 Å². The van der Waals surface area contributed by atoms with Crippen LogP contribution >= 0.6 is 0 Å². The molecule has 2 bridgehead atoms. The second-order valence-electron chi connectivity index (χ2n) is 2.65. The Balaban J connectivity index is 2.31. The lowest BCUT2D eigenvalue weighted by Crippen LogP contribution is -2.14. The Morgan fingerprint density at radius 3 is 2.46 bits per heavy atom. The van der Waals surface area contributed by atoms with E-state index in [9.17, 15) is 8.42 Å². The van der Waals surface area contributed by atoms with Crippen LogP contribution in [0.25, 0.3) is 0 Å². The van der Waals surface area contributed by atoms with Crippen molar-refractivity contribution in [2.24, 2.45) is 0 Å². The van der Waals surface area contributed by atoms with Crippen LogP contribution < -0.4 is 5.32 Å². The van der Waals surface area contributed by atoms with Crippen LogP contribution in [0.2, 0.25) is 0 Å². The van der Waals surface area contributed by atoms with Gasteiger partial charge in [-0.05, 0) is 12.2 Å². The van der Waals surface area contributed by atoms with Crippen molar-refractivity contribution in [1.82, 2.24) is 5.32 Å². The van der Waals surface area contributed by atoms with Crippen LogP contribution in [-0.2, 0) is 14.9 Å². The summed E-state index contributed by atoms with van der Waals surface area (Å²) in [5.74, 6) is 0.572.